The largest absolute Gasteiger partial charge is 0.396 e. The van der Waals surface area contributed by atoms with Crippen molar-refractivity contribution in [3.8, 4) is 0 Å². The maximum absolute atomic E-state index is 8.55. The van der Waals surface area contributed by atoms with E-state index in [-0.39, 0.29) is 0 Å². The molecule has 1 heteroatoms. The zero-order chi connectivity index (χ0) is 9.78. The van der Waals surface area contributed by atoms with Crippen LogP contribution in [0.4, 0.5) is 0 Å². The van der Waals surface area contributed by atoms with Crippen molar-refractivity contribution in [2.24, 2.45) is 0 Å². The lowest BCUT2D eigenvalue weighted by Crippen LogP contribution is -1.83. The summed E-state index contributed by atoms with van der Waals surface area (Å²) >= 11 is 0. The van der Waals surface area contributed by atoms with E-state index in [4.69, 9.17) is 5.11 Å². The summed E-state index contributed by atoms with van der Waals surface area (Å²) in [5.41, 5.74) is 0. The van der Waals surface area contributed by atoms with E-state index in [1.165, 1.54) is 38.5 Å². The van der Waals surface area contributed by atoms with Gasteiger partial charge in [-0.05, 0) is 19.3 Å². The minimum absolute atomic E-state index is 0.349. The van der Waals surface area contributed by atoms with Gasteiger partial charge in [-0.2, -0.15) is 0 Å². The van der Waals surface area contributed by atoms with E-state index in [2.05, 4.69) is 12.7 Å². The van der Waals surface area contributed by atoms with Gasteiger partial charge in [-0.15, -0.1) is 0 Å². The molecule has 0 amide bonds. The van der Waals surface area contributed by atoms with Gasteiger partial charge in [-0.3, -0.25) is 0 Å². The average molecular weight is 182 g/mol. The summed E-state index contributed by atoms with van der Waals surface area (Å²) in [6.07, 6.45) is 14.5. The molecule has 0 rings (SSSR count). The second kappa shape index (κ2) is 11.4. The Labute approximate surface area is 82.2 Å². The second-order valence-electron chi connectivity index (χ2n) is 3.30. The lowest BCUT2D eigenvalue weighted by molar-refractivity contribution is 0.282. The van der Waals surface area contributed by atoms with E-state index < -0.39 is 0 Å². The van der Waals surface area contributed by atoms with Crippen molar-refractivity contribution < 1.29 is 5.11 Å². The van der Waals surface area contributed by atoms with Crippen LogP contribution >= 0.6 is 0 Å². The summed E-state index contributed by atoms with van der Waals surface area (Å²) in [4.78, 5) is 0. The molecule has 0 aromatic carbocycles. The third kappa shape index (κ3) is 11.4. The van der Waals surface area contributed by atoms with Gasteiger partial charge in [-0.1, -0.05) is 50.5 Å². The molecular formula is C12H22O. The van der Waals surface area contributed by atoms with Gasteiger partial charge >= 0.3 is 0 Å². The fourth-order valence-electron chi connectivity index (χ4n) is 1.27. The minimum Gasteiger partial charge on any atom is -0.396 e. The number of unbranched alkanes of at least 4 members (excludes halogenated alkanes) is 6. The van der Waals surface area contributed by atoms with Crippen molar-refractivity contribution in [2.75, 3.05) is 6.61 Å². The molecule has 1 N–H and O–H groups in total. The highest BCUT2D eigenvalue weighted by Gasteiger charge is 1.88. The lowest BCUT2D eigenvalue weighted by atomic mass is 10.1. The number of aliphatic hydroxyl groups excluding tert-OH is 1. The van der Waals surface area contributed by atoms with Crippen LogP contribution in [0.1, 0.15) is 44.9 Å². The van der Waals surface area contributed by atoms with Gasteiger partial charge in [-0.25, -0.2) is 0 Å². The standard InChI is InChI=1S/C12H22O/c1-2-3-4-5-6-7-8-9-10-11-12-13/h2-4,13H,1,5-12H2/b4-3+. The van der Waals surface area contributed by atoms with E-state index in [0.29, 0.717) is 6.61 Å². The molecule has 0 aromatic heterocycles. The van der Waals surface area contributed by atoms with Gasteiger partial charge in [0, 0.05) is 6.61 Å². The number of hydrogen-bond acceptors (Lipinski definition) is 1. The normalized spacial score (nSPS) is 10.8. The van der Waals surface area contributed by atoms with Crippen LogP contribution in [0.3, 0.4) is 0 Å². The molecule has 0 aliphatic rings. The molecule has 0 spiro atoms. The Hall–Kier alpha value is -0.560. The molecule has 0 atom stereocenters. The molecule has 76 valence electrons. The van der Waals surface area contributed by atoms with Crippen LogP contribution in [0.2, 0.25) is 0 Å². The van der Waals surface area contributed by atoms with Crippen LogP contribution in [0, 0.1) is 0 Å². The van der Waals surface area contributed by atoms with Crippen molar-refractivity contribution in [3.63, 3.8) is 0 Å². The zero-order valence-corrected chi connectivity index (χ0v) is 8.54. The quantitative estimate of drug-likeness (QED) is 0.428. The van der Waals surface area contributed by atoms with Crippen molar-refractivity contribution >= 4 is 0 Å². The summed E-state index contributed by atoms with van der Waals surface area (Å²) in [6, 6.07) is 0. The molecule has 13 heavy (non-hydrogen) atoms. The highest BCUT2D eigenvalue weighted by atomic mass is 16.2. The second-order valence-corrected chi connectivity index (χ2v) is 3.30. The summed E-state index contributed by atoms with van der Waals surface area (Å²) in [5.74, 6) is 0. The van der Waals surface area contributed by atoms with Crippen LogP contribution in [-0.2, 0) is 0 Å². The van der Waals surface area contributed by atoms with E-state index in [9.17, 15) is 0 Å². The lowest BCUT2D eigenvalue weighted by Gasteiger charge is -1.98. The molecule has 0 heterocycles. The first-order valence-corrected chi connectivity index (χ1v) is 5.30. The highest BCUT2D eigenvalue weighted by molar-refractivity contribution is 4.96. The van der Waals surface area contributed by atoms with Crippen molar-refractivity contribution in [1.29, 1.82) is 0 Å². The van der Waals surface area contributed by atoms with E-state index in [0.717, 1.165) is 6.42 Å². The number of allylic oxidation sites excluding steroid dienone is 3. The molecule has 0 saturated carbocycles. The zero-order valence-electron chi connectivity index (χ0n) is 8.54. The fraction of sp³-hybridized carbons (Fsp3) is 0.667. The van der Waals surface area contributed by atoms with Crippen LogP contribution in [0.5, 0.6) is 0 Å². The SMILES string of the molecule is C=C/C=C/CCCCCCCCO. The average Bonchev–Trinajstić information content (AvgIpc) is 2.16. The van der Waals surface area contributed by atoms with Crippen LogP contribution in [0.25, 0.3) is 0 Å². The Kier molecular flexibility index (Phi) is 10.9. The Balaban J connectivity index is 2.91. The maximum Gasteiger partial charge on any atom is 0.0431 e. The molecule has 0 aliphatic heterocycles. The molecule has 0 aromatic rings. The van der Waals surface area contributed by atoms with E-state index in [1.807, 2.05) is 12.2 Å². The molecule has 1 nitrogen and oxygen atoms in total. The minimum atomic E-state index is 0.349. The Bertz CT molecular complexity index is 127. The van der Waals surface area contributed by atoms with Gasteiger partial charge in [0.15, 0.2) is 0 Å². The molecule has 0 radical (unpaired) electrons. The topological polar surface area (TPSA) is 20.2 Å². The van der Waals surface area contributed by atoms with Crippen LogP contribution in [-0.4, -0.2) is 11.7 Å². The van der Waals surface area contributed by atoms with Crippen molar-refractivity contribution in [2.45, 2.75) is 44.9 Å². The van der Waals surface area contributed by atoms with Gasteiger partial charge in [0.25, 0.3) is 0 Å². The summed E-state index contributed by atoms with van der Waals surface area (Å²) < 4.78 is 0. The van der Waals surface area contributed by atoms with Gasteiger partial charge in [0.2, 0.25) is 0 Å². The number of hydrogen-bond donors (Lipinski definition) is 1. The highest BCUT2D eigenvalue weighted by Crippen LogP contribution is 2.07. The van der Waals surface area contributed by atoms with Crippen molar-refractivity contribution in [3.05, 3.63) is 24.8 Å². The predicted octanol–water partition coefficient (Wildman–Crippen LogP) is 3.45. The van der Waals surface area contributed by atoms with Gasteiger partial charge in [0.1, 0.15) is 0 Å². The third-order valence-corrected chi connectivity index (χ3v) is 2.05. The predicted molar refractivity (Wildman–Crippen MR) is 58.7 cm³/mol. The van der Waals surface area contributed by atoms with E-state index >= 15 is 0 Å². The smallest absolute Gasteiger partial charge is 0.0431 e. The summed E-state index contributed by atoms with van der Waals surface area (Å²) in [6.45, 7) is 3.97. The van der Waals surface area contributed by atoms with E-state index in [1.54, 1.807) is 0 Å². The summed E-state index contributed by atoms with van der Waals surface area (Å²) in [7, 11) is 0. The number of rotatable bonds is 9. The molecule has 0 fully saturated rings. The Morgan fingerprint density at radius 2 is 1.54 bits per heavy atom. The Morgan fingerprint density at radius 1 is 0.923 bits per heavy atom. The fourth-order valence-corrected chi connectivity index (χ4v) is 1.27. The maximum atomic E-state index is 8.55. The molecule has 0 unspecified atom stereocenters. The first kappa shape index (κ1) is 12.4. The third-order valence-electron chi connectivity index (χ3n) is 2.05. The van der Waals surface area contributed by atoms with Gasteiger partial charge in [0.05, 0.1) is 0 Å². The molecular weight excluding hydrogens is 160 g/mol. The first-order valence-electron chi connectivity index (χ1n) is 5.30. The van der Waals surface area contributed by atoms with Crippen LogP contribution < -0.4 is 0 Å². The monoisotopic (exact) mass is 182 g/mol. The molecule has 0 saturated heterocycles. The molecule has 0 bridgehead atoms. The summed E-state index contributed by atoms with van der Waals surface area (Å²) in [5, 5.41) is 8.55. The first-order chi connectivity index (χ1) is 6.41. The number of aliphatic hydroxyl groups is 1. The Morgan fingerprint density at radius 3 is 2.15 bits per heavy atom. The van der Waals surface area contributed by atoms with Crippen molar-refractivity contribution in [1.82, 2.24) is 0 Å². The van der Waals surface area contributed by atoms with Gasteiger partial charge < -0.3 is 5.11 Å². The van der Waals surface area contributed by atoms with Crippen LogP contribution in [0.15, 0.2) is 24.8 Å². The molecule has 0 aliphatic carbocycles.